The van der Waals surface area contributed by atoms with Crippen LogP contribution in [0.15, 0.2) is 89.4 Å². The third kappa shape index (κ3) is 6.13. The molecule has 0 radical (unpaired) electrons. The Morgan fingerprint density at radius 1 is 0.923 bits per heavy atom. The zero-order chi connectivity index (χ0) is 27.4. The lowest BCUT2D eigenvalue weighted by Gasteiger charge is -2.34. The van der Waals surface area contributed by atoms with Crippen molar-refractivity contribution in [3.8, 4) is 5.75 Å². The van der Waals surface area contributed by atoms with Gasteiger partial charge in [0, 0.05) is 51.1 Å². The van der Waals surface area contributed by atoms with Gasteiger partial charge in [-0.25, -0.2) is 0 Å². The second-order valence-corrected chi connectivity index (χ2v) is 10.1. The maximum Gasteiger partial charge on any atom is 0.246 e. The van der Waals surface area contributed by atoms with Crippen molar-refractivity contribution in [3.63, 3.8) is 0 Å². The summed E-state index contributed by atoms with van der Waals surface area (Å²) in [6, 6.07) is 25.9. The van der Waals surface area contributed by atoms with Crippen LogP contribution in [0.2, 0.25) is 0 Å². The summed E-state index contributed by atoms with van der Waals surface area (Å²) in [4.78, 5) is 29.6. The van der Waals surface area contributed by atoms with Crippen LogP contribution in [0, 0.1) is 0 Å². The predicted molar refractivity (Wildman–Crippen MR) is 154 cm³/mol. The van der Waals surface area contributed by atoms with Crippen molar-refractivity contribution in [3.05, 3.63) is 107 Å². The third-order valence-corrected chi connectivity index (χ3v) is 7.26. The normalized spacial score (nSPS) is 15.4. The molecule has 0 bridgehead atoms. The molecule has 0 N–H and O–H groups in total. The number of furan rings is 1. The van der Waals surface area contributed by atoms with E-state index in [-0.39, 0.29) is 23.6 Å². The van der Waals surface area contributed by atoms with Gasteiger partial charge in [-0.2, -0.15) is 0 Å². The van der Waals surface area contributed by atoms with Gasteiger partial charge in [0.05, 0.1) is 0 Å². The van der Waals surface area contributed by atoms with Crippen molar-refractivity contribution in [2.24, 2.45) is 0 Å². The van der Waals surface area contributed by atoms with E-state index in [2.05, 4.69) is 29.2 Å². The van der Waals surface area contributed by atoms with Gasteiger partial charge in [0.2, 0.25) is 5.91 Å². The van der Waals surface area contributed by atoms with Crippen molar-refractivity contribution in [2.45, 2.75) is 33.4 Å². The molecule has 2 heterocycles. The van der Waals surface area contributed by atoms with E-state index in [0.717, 1.165) is 41.7 Å². The first-order chi connectivity index (χ1) is 18.9. The van der Waals surface area contributed by atoms with Crippen LogP contribution < -0.4 is 4.74 Å². The summed E-state index contributed by atoms with van der Waals surface area (Å²) in [5.74, 6) is 0.660. The van der Waals surface area contributed by atoms with Gasteiger partial charge in [-0.05, 0) is 48.2 Å². The number of benzene rings is 3. The van der Waals surface area contributed by atoms with Gasteiger partial charge in [0.1, 0.15) is 6.10 Å². The summed E-state index contributed by atoms with van der Waals surface area (Å²) in [6.45, 7) is 9.34. The molecule has 0 aliphatic carbocycles. The molecule has 5 rings (SSSR count). The number of piperazine rings is 1. The van der Waals surface area contributed by atoms with Crippen LogP contribution in [0.5, 0.6) is 5.75 Å². The summed E-state index contributed by atoms with van der Waals surface area (Å²) >= 11 is 0. The Morgan fingerprint density at radius 3 is 2.26 bits per heavy atom. The maximum absolute atomic E-state index is 13.2. The third-order valence-electron chi connectivity index (χ3n) is 7.26. The molecule has 1 aliphatic heterocycles. The second kappa shape index (κ2) is 11.7. The lowest BCUT2D eigenvalue weighted by atomic mass is 10.0. The van der Waals surface area contributed by atoms with Crippen molar-refractivity contribution in [1.29, 1.82) is 0 Å². The number of carbonyl (C=O) groups excluding carboxylic acids is 2. The van der Waals surface area contributed by atoms with Crippen molar-refractivity contribution < 1.29 is 18.7 Å². The molecular formula is C33H34N2O4. The van der Waals surface area contributed by atoms with E-state index in [4.69, 9.17) is 9.15 Å². The first-order valence-electron chi connectivity index (χ1n) is 13.4. The topological polar surface area (TPSA) is 63.0 Å². The molecule has 1 saturated heterocycles. The van der Waals surface area contributed by atoms with Gasteiger partial charge in [-0.3, -0.25) is 14.5 Å². The molecule has 6 nitrogen and oxygen atoms in total. The van der Waals surface area contributed by atoms with Gasteiger partial charge in [0.15, 0.2) is 22.9 Å². The van der Waals surface area contributed by atoms with Crippen LogP contribution in [-0.2, 0) is 11.3 Å². The zero-order valence-electron chi connectivity index (χ0n) is 22.7. The highest BCUT2D eigenvalue weighted by Gasteiger charge is 2.22. The average Bonchev–Trinajstić information content (AvgIpc) is 3.41. The number of allylic oxidation sites excluding steroid dienone is 1. The molecule has 6 heteroatoms. The number of rotatable bonds is 8. The maximum atomic E-state index is 13.2. The van der Waals surface area contributed by atoms with Crippen LogP contribution in [0.25, 0.3) is 16.5 Å². The van der Waals surface area contributed by atoms with Crippen LogP contribution in [-0.4, -0.2) is 47.7 Å². The Hall–Kier alpha value is -4.16. The fourth-order valence-corrected chi connectivity index (χ4v) is 5.01. The Kier molecular flexibility index (Phi) is 7.94. The number of hydrogen-bond acceptors (Lipinski definition) is 5. The minimum absolute atomic E-state index is 0.00618. The van der Waals surface area contributed by atoms with Crippen LogP contribution in [0.4, 0.5) is 0 Å². The highest BCUT2D eigenvalue weighted by Crippen LogP contribution is 2.37. The number of ether oxygens (including phenoxy) is 1. The van der Waals surface area contributed by atoms with Gasteiger partial charge >= 0.3 is 0 Å². The van der Waals surface area contributed by atoms with E-state index in [9.17, 15) is 9.59 Å². The SMILES string of the molecule is CC(=O)c1cc2c(/C(C)=C/C(=O)N3CCN(Cc4ccccc4)CC3)ccc(OC(C)c3ccccc3)c2o1. The summed E-state index contributed by atoms with van der Waals surface area (Å²) in [5.41, 5.74) is 4.49. The molecule has 1 amide bonds. The first-order valence-corrected chi connectivity index (χ1v) is 13.4. The lowest BCUT2D eigenvalue weighted by Crippen LogP contribution is -2.47. The Balaban J connectivity index is 1.33. The molecule has 1 atom stereocenters. The van der Waals surface area contributed by atoms with E-state index in [1.54, 1.807) is 12.1 Å². The van der Waals surface area contributed by atoms with Crippen LogP contribution in [0.3, 0.4) is 0 Å². The summed E-state index contributed by atoms with van der Waals surface area (Å²) in [5, 5.41) is 0.757. The minimum atomic E-state index is -0.204. The monoisotopic (exact) mass is 522 g/mol. The Morgan fingerprint density at radius 2 is 1.59 bits per heavy atom. The quantitative estimate of drug-likeness (QED) is 0.195. The highest BCUT2D eigenvalue weighted by molar-refractivity contribution is 6.03. The van der Waals surface area contributed by atoms with E-state index in [1.165, 1.54) is 12.5 Å². The van der Waals surface area contributed by atoms with Crippen molar-refractivity contribution >= 4 is 28.2 Å². The molecule has 1 aromatic heterocycles. The molecule has 3 aromatic carbocycles. The number of carbonyl (C=O) groups is 2. The van der Waals surface area contributed by atoms with Gasteiger partial charge in [0.25, 0.3) is 0 Å². The number of Topliss-reactive ketones (excluding diaryl/α,β-unsaturated/α-hetero) is 1. The number of amides is 1. The average molecular weight is 523 g/mol. The van der Waals surface area contributed by atoms with E-state index in [0.29, 0.717) is 24.4 Å². The van der Waals surface area contributed by atoms with E-state index < -0.39 is 0 Å². The van der Waals surface area contributed by atoms with Crippen molar-refractivity contribution in [1.82, 2.24) is 9.80 Å². The van der Waals surface area contributed by atoms with Crippen LogP contribution >= 0.6 is 0 Å². The highest BCUT2D eigenvalue weighted by atomic mass is 16.5. The molecule has 0 saturated carbocycles. The predicted octanol–water partition coefficient (Wildman–Crippen LogP) is 6.52. The van der Waals surface area contributed by atoms with Crippen molar-refractivity contribution in [2.75, 3.05) is 26.2 Å². The van der Waals surface area contributed by atoms with E-state index in [1.807, 2.05) is 67.3 Å². The Bertz CT molecular complexity index is 1480. The first kappa shape index (κ1) is 26.4. The largest absolute Gasteiger partial charge is 0.482 e. The molecule has 1 unspecified atom stereocenters. The molecule has 1 aliphatic rings. The summed E-state index contributed by atoms with van der Waals surface area (Å²) in [6.07, 6.45) is 1.49. The smallest absolute Gasteiger partial charge is 0.246 e. The van der Waals surface area contributed by atoms with Gasteiger partial charge in [-0.1, -0.05) is 66.7 Å². The zero-order valence-corrected chi connectivity index (χ0v) is 22.7. The standard InChI is InChI=1S/C33H34N2O4/c1-23(20-32(37)35-18-16-34(17-19-35)22-26-10-6-4-7-11-26)28-14-15-30(33-29(28)21-31(39-33)24(2)36)38-25(3)27-12-8-5-9-13-27/h4-15,20-21,25H,16-19,22H2,1-3H3/b23-20+. The van der Waals surface area contributed by atoms with Crippen LogP contribution in [0.1, 0.15) is 54.1 Å². The minimum Gasteiger partial charge on any atom is -0.482 e. The summed E-state index contributed by atoms with van der Waals surface area (Å²) < 4.78 is 12.2. The lowest BCUT2D eigenvalue weighted by molar-refractivity contribution is -0.127. The number of nitrogens with zero attached hydrogens (tertiary/aromatic N) is 2. The number of hydrogen-bond donors (Lipinski definition) is 0. The number of ketones is 1. The molecule has 0 spiro atoms. The fourth-order valence-electron chi connectivity index (χ4n) is 5.01. The molecule has 4 aromatic rings. The molecule has 39 heavy (non-hydrogen) atoms. The number of fused-ring (bicyclic) bond motifs is 1. The van der Waals surface area contributed by atoms with Gasteiger partial charge in [-0.15, -0.1) is 0 Å². The second-order valence-electron chi connectivity index (χ2n) is 10.1. The molecule has 1 fully saturated rings. The van der Waals surface area contributed by atoms with Gasteiger partial charge < -0.3 is 14.1 Å². The summed E-state index contributed by atoms with van der Waals surface area (Å²) in [7, 11) is 0. The van der Waals surface area contributed by atoms with E-state index >= 15 is 0 Å². The fraction of sp³-hybridized carbons (Fsp3) is 0.273. The molecular weight excluding hydrogens is 488 g/mol. The molecule has 200 valence electrons. The Labute approximate surface area is 229 Å².